The van der Waals surface area contributed by atoms with Crippen molar-refractivity contribution in [3.63, 3.8) is 0 Å². The summed E-state index contributed by atoms with van der Waals surface area (Å²) in [5.41, 5.74) is 0. The molecule has 14 heavy (non-hydrogen) atoms. The lowest BCUT2D eigenvalue weighted by Gasteiger charge is -2.29. The van der Waals surface area contributed by atoms with E-state index < -0.39 is 0 Å². The molecule has 80 valence electrons. The van der Waals surface area contributed by atoms with Crippen molar-refractivity contribution in [3.05, 3.63) is 0 Å². The van der Waals surface area contributed by atoms with Crippen molar-refractivity contribution in [2.75, 3.05) is 27.4 Å². The van der Waals surface area contributed by atoms with Crippen molar-refractivity contribution in [1.29, 1.82) is 0 Å². The second-order valence-electron chi connectivity index (χ2n) is 3.78. The molecule has 2 heterocycles. The summed E-state index contributed by atoms with van der Waals surface area (Å²) < 4.78 is 5.10. The van der Waals surface area contributed by atoms with Crippen LogP contribution in [0.25, 0.3) is 0 Å². The van der Waals surface area contributed by atoms with E-state index in [1.165, 1.54) is 5.06 Å². The Hall–Kier alpha value is -0.810. The van der Waals surface area contributed by atoms with Gasteiger partial charge in [0.2, 0.25) is 0 Å². The molecule has 0 radical (unpaired) electrons. The van der Waals surface area contributed by atoms with Gasteiger partial charge in [-0.15, -0.1) is 0 Å². The number of fused-ring (bicyclic) bond motifs is 2. The molecule has 5 heteroatoms. The first kappa shape index (κ1) is 9.73. The molecule has 0 saturated carbocycles. The number of amides is 2. The molecule has 2 aliphatic rings. The van der Waals surface area contributed by atoms with E-state index in [4.69, 9.17) is 9.57 Å². The highest BCUT2D eigenvalue weighted by Gasteiger charge is 2.44. The van der Waals surface area contributed by atoms with Crippen LogP contribution in [0, 0.1) is 0 Å². The van der Waals surface area contributed by atoms with Crippen LogP contribution in [0.3, 0.4) is 0 Å². The summed E-state index contributed by atoms with van der Waals surface area (Å²) in [6.07, 6.45) is 2.01. The molecule has 5 nitrogen and oxygen atoms in total. The monoisotopic (exact) mass is 200 g/mol. The molecule has 2 bridgehead atoms. The van der Waals surface area contributed by atoms with Gasteiger partial charge >= 0.3 is 6.03 Å². The van der Waals surface area contributed by atoms with Crippen LogP contribution in [-0.4, -0.2) is 55.4 Å². The fourth-order valence-electron chi connectivity index (χ4n) is 2.31. The van der Waals surface area contributed by atoms with Crippen LogP contribution in [0.5, 0.6) is 0 Å². The van der Waals surface area contributed by atoms with Gasteiger partial charge < -0.3 is 9.64 Å². The summed E-state index contributed by atoms with van der Waals surface area (Å²) in [4.78, 5) is 18.7. The van der Waals surface area contributed by atoms with E-state index >= 15 is 0 Å². The van der Waals surface area contributed by atoms with E-state index in [0.29, 0.717) is 6.61 Å². The molecule has 2 rings (SSSR count). The van der Waals surface area contributed by atoms with Crippen LogP contribution < -0.4 is 0 Å². The van der Waals surface area contributed by atoms with E-state index in [-0.39, 0.29) is 18.1 Å². The quantitative estimate of drug-likeness (QED) is 0.664. The summed E-state index contributed by atoms with van der Waals surface area (Å²) in [6.45, 7) is 1.40. The minimum Gasteiger partial charge on any atom is -0.383 e. The zero-order valence-corrected chi connectivity index (χ0v) is 8.60. The maximum absolute atomic E-state index is 11.8. The van der Waals surface area contributed by atoms with Crippen LogP contribution in [0.15, 0.2) is 0 Å². The van der Waals surface area contributed by atoms with E-state index in [1.54, 1.807) is 14.2 Å². The fourth-order valence-corrected chi connectivity index (χ4v) is 2.31. The number of methoxy groups -OCH3 is 1. The topological polar surface area (TPSA) is 42.0 Å². The summed E-state index contributed by atoms with van der Waals surface area (Å²) in [5, 5.41) is 1.48. The Bertz CT molecular complexity index is 234. The Morgan fingerprint density at radius 3 is 2.86 bits per heavy atom. The summed E-state index contributed by atoms with van der Waals surface area (Å²) in [6, 6.07) is 0.446. The van der Waals surface area contributed by atoms with Crippen LogP contribution in [-0.2, 0) is 9.57 Å². The van der Waals surface area contributed by atoms with E-state index in [2.05, 4.69) is 0 Å². The molecule has 2 unspecified atom stereocenters. The number of hydrogen-bond acceptors (Lipinski definition) is 3. The maximum Gasteiger partial charge on any atom is 0.344 e. The molecular weight excluding hydrogens is 184 g/mol. The number of urea groups is 1. The average molecular weight is 200 g/mol. The zero-order valence-electron chi connectivity index (χ0n) is 8.60. The molecule has 2 fully saturated rings. The first-order valence-electron chi connectivity index (χ1n) is 4.90. The number of ether oxygens (including phenoxy) is 1. The minimum atomic E-state index is -0.0166. The number of carbonyl (C=O) groups excluding carboxylic acids is 1. The minimum absolute atomic E-state index is 0.0166. The van der Waals surface area contributed by atoms with Crippen LogP contribution in [0.4, 0.5) is 4.79 Å². The predicted octanol–water partition coefficient (Wildman–Crippen LogP) is 0.463. The van der Waals surface area contributed by atoms with E-state index in [1.807, 2.05) is 4.90 Å². The van der Waals surface area contributed by atoms with Gasteiger partial charge in [0.25, 0.3) is 0 Å². The third kappa shape index (κ3) is 1.36. The smallest absolute Gasteiger partial charge is 0.344 e. The molecule has 0 spiro atoms. The molecule has 0 aliphatic carbocycles. The lowest BCUT2D eigenvalue weighted by Crippen LogP contribution is -2.42. The van der Waals surface area contributed by atoms with Crippen molar-refractivity contribution in [3.8, 4) is 0 Å². The molecule has 0 aromatic rings. The third-order valence-electron chi connectivity index (χ3n) is 3.00. The van der Waals surface area contributed by atoms with Crippen LogP contribution >= 0.6 is 0 Å². The number of hydrogen-bond donors (Lipinski definition) is 0. The Morgan fingerprint density at radius 1 is 1.43 bits per heavy atom. The number of piperidine rings is 1. The number of hydroxylamine groups is 2. The van der Waals surface area contributed by atoms with Gasteiger partial charge in [-0.05, 0) is 12.8 Å². The van der Waals surface area contributed by atoms with E-state index in [0.717, 1.165) is 19.4 Å². The van der Waals surface area contributed by atoms with Gasteiger partial charge in [0.05, 0.1) is 25.8 Å². The lowest BCUT2D eigenvalue weighted by atomic mass is 10.0. The highest BCUT2D eigenvalue weighted by atomic mass is 16.7. The normalized spacial score (nSPS) is 31.4. The Labute approximate surface area is 83.5 Å². The van der Waals surface area contributed by atoms with Crippen LogP contribution in [0.1, 0.15) is 12.8 Å². The lowest BCUT2D eigenvalue weighted by molar-refractivity contribution is -0.0998. The Morgan fingerprint density at radius 2 is 2.21 bits per heavy atom. The van der Waals surface area contributed by atoms with Gasteiger partial charge in [0.15, 0.2) is 0 Å². The third-order valence-corrected chi connectivity index (χ3v) is 3.00. The molecule has 2 aliphatic heterocycles. The molecule has 0 aromatic carbocycles. The van der Waals surface area contributed by atoms with Gasteiger partial charge in [-0.3, -0.25) is 4.84 Å². The van der Waals surface area contributed by atoms with Gasteiger partial charge in [-0.2, -0.15) is 5.06 Å². The van der Waals surface area contributed by atoms with Crippen molar-refractivity contribution in [2.24, 2.45) is 0 Å². The zero-order chi connectivity index (χ0) is 10.1. The Kier molecular flexibility index (Phi) is 2.60. The van der Waals surface area contributed by atoms with Crippen molar-refractivity contribution in [2.45, 2.75) is 24.9 Å². The van der Waals surface area contributed by atoms with Gasteiger partial charge in [-0.1, -0.05) is 0 Å². The highest BCUT2D eigenvalue weighted by molar-refractivity contribution is 5.76. The predicted molar refractivity (Wildman–Crippen MR) is 49.6 cm³/mol. The summed E-state index contributed by atoms with van der Waals surface area (Å²) in [7, 11) is 3.21. The standard InChI is InChI=1S/C9H16N2O3/c1-13-6-8-4-3-7-5-10(8)9(12)11(7)14-2/h7-8H,3-6H2,1-2H3. The highest BCUT2D eigenvalue weighted by Crippen LogP contribution is 2.29. The fraction of sp³-hybridized carbons (Fsp3) is 0.889. The first-order chi connectivity index (χ1) is 6.77. The van der Waals surface area contributed by atoms with Gasteiger partial charge in [0.1, 0.15) is 0 Å². The van der Waals surface area contributed by atoms with Crippen molar-refractivity contribution >= 4 is 6.03 Å². The molecular formula is C9H16N2O3. The first-order valence-corrected chi connectivity index (χ1v) is 4.90. The average Bonchev–Trinajstić information content (AvgIpc) is 2.45. The second-order valence-corrected chi connectivity index (χ2v) is 3.78. The number of carbonyl (C=O) groups is 1. The van der Waals surface area contributed by atoms with Gasteiger partial charge in [0, 0.05) is 13.7 Å². The van der Waals surface area contributed by atoms with Crippen LogP contribution in [0.2, 0.25) is 0 Å². The number of nitrogens with zero attached hydrogens (tertiary/aromatic N) is 2. The molecule has 2 saturated heterocycles. The molecule has 0 N–H and O–H groups in total. The maximum atomic E-state index is 11.8. The molecule has 2 amide bonds. The van der Waals surface area contributed by atoms with E-state index in [9.17, 15) is 4.79 Å². The van der Waals surface area contributed by atoms with Crippen molar-refractivity contribution < 1.29 is 14.4 Å². The molecule has 2 atom stereocenters. The molecule has 0 aromatic heterocycles. The Balaban J connectivity index is 2.08. The summed E-state index contributed by atoms with van der Waals surface area (Å²) in [5.74, 6) is 0. The van der Waals surface area contributed by atoms with Crippen molar-refractivity contribution in [1.82, 2.24) is 9.96 Å². The number of rotatable bonds is 3. The summed E-state index contributed by atoms with van der Waals surface area (Å²) >= 11 is 0. The SMILES string of the molecule is COCC1CCC2CN1C(=O)N2OC. The largest absolute Gasteiger partial charge is 0.383 e. The second kappa shape index (κ2) is 3.74. The van der Waals surface area contributed by atoms with Gasteiger partial charge in [-0.25, -0.2) is 4.79 Å².